The van der Waals surface area contributed by atoms with E-state index in [0.717, 1.165) is 43.1 Å². The minimum Gasteiger partial charge on any atom is -0.491 e. The Hall–Kier alpha value is -6.09. The molecule has 1 aliphatic rings. The molecule has 0 saturated carbocycles. The fraction of sp³-hybridized carbons (Fsp3) is 0.242. The molecular formula is C33H36N12O3. The van der Waals surface area contributed by atoms with Crippen LogP contribution in [0, 0.1) is 0 Å². The van der Waals surface area contributed by atoms with Gasteiger partial charge in [0.25, 0.3) is 11.5 Å². The number of likely N-dealkylation sites (N-methyl/N-ethyl adjacent to an activating group) is 1. The van der Waals surface area contributed by atoms with E-state index in [9.17, 15) is 9.59 Å². The normalized spacial score (nSPS) is 13.5. The van der Waals surface area contributed by atoms with Crippen LogP contribution in [0.15, 0.2) is 84.2 Å². The molecule has 246 valence electrons. The Bertz CT molecular complexity index is 1950. The number of aromatic nitrogens is 7. The van der Waals surface area contributed by atoms with Crippen molar-refractivity contribution in [3.8, 4) is 11.6 Å². The van der Waals surface area contributed by atoms with Gasteiger partial charge in [-0.05, 0) is 61.2 Å². The van der Waals surface area contributed by atoms with Crippen molar-refractivity contribution in [1.29, 1.82) is 0 Å². The summed E-state index contributed by atoms with van der Waals surface area (Å²) < 4.78 is 8.30. The average Bonchev–Trinajstić information content (AvgIpc) is 3.47. The van der Waals surface area contributed by atoms with Crippen LogP contribution in [0.25, 0.3) is 11.9 Å². The van der Waals surface area contributed by atoms with Crippen LogP contribution in [0.3, 0.4) is 0 Å². The van der Waals surface area contributed by atoms with Crippen LogP contribution in [0.1, 0.15) is 21.7 Å². The van der Waals surface area contributed by atoms with Crippen molar-refractivity contribution >= 4 is 35.3 Å². The summed E-state index contributed by atoms with van der Waals surface area (Å²) in [5, 5.41) is 10.4. The lowest BCUT2D eigenvalue weighted by Crippen LogP contribution is -2.44. The van der Waals surface area contributed by atoms with Gasteiger partial charge in [0.1, 0.15) is 5.56 Å². The summed E-state index contributed by atoms with van der Waals surface area (Å²) in [5.41, 5.74) is 8.71. The molecule has 15 nitrogen and oxygen atoms in total. The Balaban J connectivity index is 1.10. The third-order valence-electron chi connectivity index (χ3n) is 7.79. The Kier molecular flexibility index (Phi) is 9.67. The first-order chi connectivity index (χ1) is 23.4. The number of ether oxygens (including phenoxy) is 1. The van der Waals surface area contributed by atoms with Crippen molar-refractivity contribution in [2.24, 2.45) is 0 Å². The van der Waals surface area contributed by atoms with Gasteiger partial charge in [-0.15, -0.1) is 5.10 Å². The van der Waals surface area contributed by atoms with Crippen LogP contribution < -0.4 is 31.6 Å². The fourth-order valence-electron chi connectivity index (χ4n) is 5.17. The molecular weight excluding hydrogens is 612 g/mol. The summed E-state index contributed by atoms with van der Waals surface area (Å²) in [7, 11) is 3.63. The molecule has 4 aromatic heterocycles. The van der Waals surface area contributed by atoms with E-state index >= 15 is 0 Å². The Morgan fingerprint density at radius 1 is 1.04 bits per heavy atom. The molecule has 5 heterocycles. The van der Waals surface area contributed by atoms with E-state index in [1.807, 2.05) is 18.2 Å². The lowest BCUT2D eigenvalue weighted by molar-refractivity contribution is 0.0956. The molecule has 0 unspecified atom stereocenters. The zero-order chi connectivity index (χ0) is 33.5. The maximum Gasteiger partial charge on any atom is 0.263 e. The SMILES string of the molecule is COc1cnc(/C=C/CNC(=O)c2cccn(Cc3cccnc3)c2=O)nc1-n1nc(Nc2ccc(N3CCN(C)CC3)cc2)nc1N. The van der Waals surface area contributed by atoms with Crippen molar-refractivity contribution in [3.63, 3.8) is 0 Å². The fourth-order valence-corrected chi connectivity index (χ4v) is 5.17. The Morgan fingerprint density at radius 3 is 2.60 bits per heavy atom. The van der Waals surface area contributed by atoms with Crippen LogP contribution in [0.5, 0.6) is 5.75 Å². The van der Waals surface area contributed by atoms with Crippen molar-refractivity contribution in [2.75, 3.05) is 62.8 Å². The molecule has 0 atom stereocenters. The smallest absolute Gasteiger partial charge is 0.263 e. The molecule has 1 amide bonds. The number of nitrogens with zero attached hydrogens (tertiary/aromatic N) is 9. The maximum absolute atomic E-state index is 12.9. The first-order valence-corrected chi connectivity index (χ1v) is 15.4. The van der Waals surface area contributed by atoms with E-state index < -0.39 is 11.5 Å². The zero-order valence-corrected chi connectivity index (χ0v) is 26.7. The average molecular weight is 649 g/mol. The van der Waals surface area contributed by atoms with Gasteiger partial charge in [0, 0.05) is 62.7 Å². The summed E-state index contributed by atoms with van der Waals surface area (Å²) in [5.74, 6) is 0.849. The lowest BCUT2D eigenvalue weighted by Gasteiger charge is -2.34. The molecule has 15 heteroatoms. The molecule has 0 aliphatic carbocycles. The number of amides is 1. The molecule has 5 aromatic rings. The highest BCUT2D eigenvalue weighted by molar-refractivity contribution is 5.93. The van der Waals surface area contributed by atoms with Crippen molar-refractivity contribution < 1.29 is 9.53 Å². The summed E-state index contributed by atoms with van der Waals surface area (Å²) in [6.07, 6.45) is 9.78. The second kappa shape index (κ2) is 14.6. The molecule has 4 N–H and O–H groups in total. The quantitative estimate of drug-likeness (QED) is 0.191. The summed E-state index contributed by atoms with van der Waals surface area (Å²) >= 11 is 0. The first kappa shape index (κ1) is 31.9. The number of nitrogens with two attached hydrogens (primary N) is 1. The Labute approximate surface area is 276 Å². The second-order valence-corrected chi connectivity index (χ2v) is 11.1. The second-order valence-electron chi connectivity index (χ2n) is 11.1. The molecule has 1 saturated heterocycles. The highest BCUT2D eigenvalue weighted by Gasteiger charge is 2.18. The van der Waals surface area contributed by atoms with Crippen LogP contribution in [0.2, 0.25) is 0 Å². The number of nitrogen functional groups attached to an aromatic ring is 1. The zero-order valence-electron chi connectivity index (χ0n) is 26.7. The number of benzene rings is 1. The molecule has 0 bridgehead atoms. The molecule has 6 rings (SSSR count). The molecule has 1 aliphatic heterocycles. The molecule has 1 aromatic carbocycles. The maximum atomic E-state index is 12.9. The number of carbonyl (C=O) groups excluding carboxylic acids is 1. The minimum atomic E-state index is -0.495. The predicted molar refractivity (Wildman–Crippen MR) is 183 cm³/mol. The minimum absolute atomic E-state index is 0.0369. The van der Waals surface area contributed by atoms with Crippen molar-refractivity contribution in [2.45, 2.75) is 6.54 Å². The van der Waals surface area contributed by atoms with E-state index in [1.165, 1.54) is 28.6 Å². The van der Waals surface area contributed by atoms with Crippen LogP contribution >= 0.6 is 0 Å². The van der Waals surface area contributed by atoms with Gasteiger partial charge in [-0.1, -0.05) is 12.1 Å². The molecule has 0 radical (unpaired) electrons. The number of hydrogen-bond acceptors (Lipinski definition) is 12. The number of hydrogen-bond donors (Lipinski definition) is 3. The monoisotopic (exact) mass is 648 g/mol. The van der Waals surface area contributed by atoms with Gasteiger partial charge < -0.3 is 35.5 Å². The number of pyridine rings is 2. The number of carbonyl (C=O) groups is 1. The van der Waals surface area contributed by atoms with Crippen LogP contribution in [-0.4, -0.2) is 92.0 Å². The predicted octanol–water partition coefficient (Wildman–Crippen LogP) is 2.19. The van der Waals surface area contributed by atoms with Gasteiger partial charge in [-0.25, -0.2) is 9.97 Å². The van der Waals surface area contributed by atoms with Gasteiger partial charge >= 0.3 is 0 Å². The van der Waals surface area contributed by atoms with E-state index in [1.54, 1.807) is 42.9 Å². The third kappa shape index (κ3) is 7.47. The van der Waals surface area contributed by atoms with Crippen molar-refractivity contribution in [1.82, 2.24) is 44.5 Å². The number of methoxy groups -OCH3 is 1. The van der Waals surface area contributed by atoms with Crippen LogP contribution in [-0.2, 0) is 6.54 Å². The van der Waals surface area contributed by atoms with Gasteiger partial charge in [-0.2, -0.15) is 9.67 Å². The first-order valence-electron chi connectivity index (χ1n) is 15.4. The van der Waals surface area contributed by atoms with Gasteiger partial charge in [0.05, 0.1) is 19.9 Å². The number of nitrogens with one attached hydrogen (secondary N) is 2. The van der Waals surface area contributed by atoms with Gasteiger partial charge in [0.2, 0.25) is 17.7 Å². The molecule has 0 spiro atoms. The Morgan fingerprint density at radius 2 is 1.85 bits per heavy atom. The highest BCUT2D eigenvalue weighted by Crippen LogP contribution is 2.25. The van der Waals surface area contributed by atoms with Gasteiger partial charge in [-0.3, -0.25) is 14.6 Å². The van der Waals surface area contributed by atoms with Crippen LogP contribution in [0.4, 0.5) is 23.3 Å². The molecule has 48 heavy (non-hydrogen) atoms. The van der Waals surface area contributed by atoms with E-state index in [0.29, 0.717) is 24.1 Å². The van der Waals surface area contributed by atoms with E-state index in [4.69, 9.17) is 10.5 Å². The summed E-state index contributed by atoms with van der Waals surface area (Å²) in [6, 6.07) is 14.9. The number of piperazine rings is 1. The largest absolute Gasteiger partial charge is 0.491 e. The van der Waals surface area contributed by atoms with E-state index in [2.05, 4.69) is 64.6 Å². The van der Waals surface area contributed by atoms with Crippen molar-refractivity contribution in [3.05, 3.63) is 107 Å². The van der Waals surface area contributed by atoms with Gasteiger partial charge in [0.15, 0.2) is 11.6 Å². The lowest BCUT2D eigenvalue weighted by atomic mass is 10.2. The summed E-state index contributed by atoms with van der Waals surface area (Å²) in [6.45, 7) is 4.49. The molecule has 1 fully saturated rings. The van der Waals surface area contributed by atoms with E-state index in [-0.39, 0.29) is 23.9 Å². The summed E-state index contributed by atoms with van der Waals surface area (Å²) in [4.78, 5) is 47.7. The topological polar surface area (TPSA) is 174 Å². The number of anilines is 4. The highest BCUT2D eigenvalue weighted by atomic mass is 16.5. The number of rotatable bonds is 11. The standard InChI is InChI=1S/C33H36N12O3/c1-42-16-18-43(19-17-42)25-11-9-24(10-12-25)38-33-40-32(34)45(41-33)29-27(48-2)21-37-28(39-29)8-4-14-36-30(46)26-7-5-15-44(31(26)47)22-23-6-3-13-35-20-23/h3-13,15,20-21H,14,16-19,22H2,1-2H3,(H,36,46)(H3,34,38,40,41)/b8-4+. The third-order valence-corrected chi connectivity index (χ3v) is 7.79.